The van der Waals surface area contributed by atoms with Gasteiger partial charge in [-0.2, -0.15) is 0 Å². The van der Waals surface area contributed by atoms with Crippen LogP contribution in [0.2, 0.25) is 0 Å². The average Bonchev–Trinajstić information content (AvgIpc) is 3.55. The van der Waals surface area contributed by atoms with E-state index < -0.39 is 5.54 Å². The summed E-state index contributed by atoms with van der Waals surface area (Å²) >= 11 is 3.21. The molecule has 0 radical (unpaired) electrons. The Morgan fingerprint density at radius 2 is 2.18 bits per heavy atom. The maximum Gasteiger partial charge on any atom is 0.222 e. The molecule has 1 N–H and O–H groups in total. The summed E-state index contributed by atoms with van der Waals surface area (Å²) in [5, 5.41) is 7.96. The van der Waals surface area contributed by atoms with Crippen molar-refractivity contribution in [3.8, 4) is 15.6 Å². The number of rotatable bonds is 9. The molecule has 1 fully saturated rings. The molecule has 0 bridgehead atoms. The quantitative estimate of drug-likeness (QED) is 0.477. The molecular weight excluding hydrogens is 461 g/mol. The lowest BCUT2D eigenvalue weighted by molar-refractivity contribution is -0.131. The maximum absolute atomic E-state index is 14.6. The van der Waals surface area contributed by atoms with E-state index in [9.17, 15) is 14.0 Å². The maximum atomic E-state index is 14.6. The van der Waals surface area contributed by atoms with Crippen LogP contribution in [0.25, 0.3) is 9.88 Å². The number of carbonyl (C=O) groups is 2. The molecule has 2 aromatic heterocycles. The molecule has 1 aromatic carbocycles. The zero-order valence-electron chi connectivity index (χ0n) is 18.6. The van der Waals surface area contributed by atoms with Gasteiger partial charge in [-0.3, -0.25) is 9.59 Å². The normalized spacial score (nSPS) is 17.7. The first kappa shape index (κ1) is 23.4. The predicted molar refractivity (Wildman–Crippen MR) is 128 cm³/mol. The van der Waals surface area contributed by atoms with Crippen molar-refractivity contribution in [3.05, 3.63) is 58.2 Å². The minimum atomic E-state index is -0.629. The zero-order valence-corrected chi connectivity index (χ0v) is 20.2. The van der Waals surface area contributed by atoms with E-state index in [1.165, 1.54) is 13.2 Å². The van der Waals surface area contributed by atoms with Crippen molar-refractivity contribution in [1.82, 2.24) is 15.2 Å². The lowest BCUT2D eigenvalue weighted by Crippen LogP contribution is -2.44. The molecular formula is C24H26FN3O3S2. The summed E-state index contributed by atoms with van der Waals surface area (Å²) in [6.07, 6.45) is 2.00. The van der Waals surface area contributed by atoms with Gasteiger partial charge in [-0.05, 0) is 42.3 Å². The van der Waals surface area contributed by atoms with E-state index in [1.54, 1.807) is 46.8 Å². The third kappa shape index (κ3) is 5.59. The smallest absolute Gasteiger partial charge is 0.222 e. The minimum absolute atomic E-state index is 0.0311. The van der Waals surface area contributed by atoms with E-state index >= 15 is 0 Å². The van der Waals surface area contributed by atoms with Crippen LogP contribution in [0.4, 0.5) is 4.39 Å². The SMILES string of the molecule is COc1ccc(C[C@@]2(CCC(=O)N(C)Cc3csc(-c4cccs4)n3)CCC(=O)N2)c(F)c1. The van der Waals surface area contributed by atoms with Crippen molar-refractivity contribution in [3.63, 3.8) is 0 Å². The Hall–Kier alpha value is -2.78. The number of thiophene rings is 1. The number of aromatic nitrogens is 1. The van der Waals surface area contributed by atoms with Crippen LogP contribution in [0, 0.1) is 5.82 Å². The highest BCUT2D eigenvalue weighted by molar-refractivity contribution is 7.20. The second-order valence-electron chi connectivity index (χ2n) is 8.33. The van der Waals surface area contributed by atoms with E-state index in [-0.39, 0.29) is 24.1 Å². The molecule has 4 rings (SSSR count). The second-order valence-corrected chi connectivity index (χ2v) is 10.1. The van der Waals surface area contributed by atoms with Crippen LogP contribution in [-0.4, -0.2) is 41.4 Å². The highest BCUT2D eigenvalue weighted by atomic mass is 32.1. The lowest BCUT2D eigenvalue weighted by atomic mass is 9.84. The second kappa shape index (κ2) is 10.0. The van der Waals surface area contributed by atoms with Crippen molar-refractivity contribution in [2.45, 2.75) is 44.2 Å². The number of benzene rings is 1. The van der Waals surface area contributed by atoms with Crippen LogP contribution >= 0.6 is 22.7 Å². The van der Waals surface area contributed by atoms with Gasteiger partial charge in [-0.1, -0.05) is 12.1 Å². The molecule has 0 aliphatic carbocycles. The Kier molecular flexibility index (Phi) is 7.09. The van der Waals surface area contributed by atoms with E-state index in [0.717, 1.165) is 15.6 Å². The molecule has 3 heterocycles. The summed E-state index contributed by atoms with van der Waals surface area (Å²) in [4.78, 5) is 32.3. The van der Waals surface area contributed by atoms with Gasteiger partial charge < -0.3 is 15.0 Å². The number of hydrogen-bond acceptors (Lipinski definition) is 6. The van der Waals surface area contributed by atoms with Gasteiger partial charge in [0, 0.05) is 36.9 Å². The van der Waals surface area contributed by atoms with Crippen molar-refractivity contribution < 1.29 is 18.7 Å². The number of hydrogen-bond donors (Lipinski definition) is 1. The Morgan fingerprint density at radius 1 is 1.33 bits per heavy atom. The fourth-order valence-electron chi connectivity index (χ4n) is 4.11. The Balaban J connectivity index is 1.38. The highest BCUT2D eigenvalue weighted by Gasteiger charge is 2.38. The number of halogens is 1. The third-order valence-corrected chi connectivity index (χ3v) is 7.88. The number of nitrogens with zero attached hydrogens (tertiary/aromatic N) is 2. The number of methoxy groups -OCH3 is 1. The van der Waals surface area contributed by atoms with Crippen LogP contribution in [0.3, 0.4) is 0 Å². The van der Waals surface area contributed by atoms with E-state index in [2.05, 4.69) is 10.3 Å². The summed E-state index contributed by atoms with van der Waals surface area (Å²) in [7, 11) is 3.25. The molecule has 0 spiro atoms. The molecule has 174 valence electrons. The molecule has 1 aliphatic heterocycles. The molecule has 0 unspecified atom stereocenters. The Morgan fingerprint density at radius 3 is 2.85 bits per heavy atom. The molecule has 1 aliphatic rings. The first-order chi connectivity index (χ1) is 15.9. The van der Waals surface area contributed by atoms with Gasteiger partial charge in [0.25, 0.3) is 0 Å². The molecule has 0 saturated carbocycles. The number of ether oxygens (including phenoxy) is 1. The Labute approximate surface area is 200 Å². The summed E-state index contributed by atoms with van der Waals surface area (Å²) in [5.74, 6) is -0.0186. The molecule has 1 saturated heterocycles. The predicted octanol–water partition coefficient (Wildman–Crippen LogP) is 4.65. The van der Waals surface area contributed by atoms with Gasteiger partial charge in [0.1, 0.15) is 16.6 Å². The largest absolute Gasteiger partial charge is 0.497 e. The summed E-state index contributed by atoms with van der Waals surface area (Å²) in [5.41, 5.74) is 0.724. The lowest BCUT2D eigenvalue weighted by Gasteiger charge is -2.30. The summed E-state index contributed by atoms with van der Waals surface area (Å²) in [6.45, 7) is 0.424. The molecule has 1 atom stereocenters. The topological polar surface area (TPSA) is 71.5 Å². The monoisotopic (exact) mass is 487 g/mol. The van der Waals surface area contributed by atoms with Crippen LogP contribution in [0.1, 0.15) is 36.9 Å². The van der Waals surface area contributed by atoms with Gasteiger partial charge in [0.05, 0.1) is 24.2 Å². The summed E-state index contributed by atoms with van der Waals surface area (Å²) < 4.78 is 19.6. The molecule has 3 aromatic rings. The number of amides is 2. The summed E-state index contributed by atoms with van der Waals surface area (Å²) in [6, 6.07) is 8.76. The van der Waals surface area contributed by atoms with Crippen molar-refractivity contribution in [1.29, 1.82) is 0 Å². The number of carbonyl (C=O) groups excluding carboxylic acids is 2. The molecule has 33 heavy (non-hydrogen) atoms. The van der Waals surface area contributed by atoms with Crippen molar-refractivity contribution >= 4 is 34.5 Å². The highest BCUT2D eigenvalue weighted by Crippen LogP contribution is 2.32. The van der Waals surface area contributed by atoms with Gasteiger partial charge in [-0.25, -0.2) is 9.37 Å². The zero-order chi connectivity index (χ0) is 23.4. The number of nitrogens with one attached hydrogen (secondary N) is 1. The molecule has 9 heteroatoms. The van der Waals surface area contributed by atoms with Gasteiger partial charge in [0.15, 0.2) is 0 Å². The van der Waals surface area contributed by atoms with Crippen LogP contribution in [0.5, 0.6) is 5.75 Å². The minimum Gasteiger partial charge on any atom is -0.497 e. The van der Waals surface area contributed by atoms with E-state index in [4.69, 9.17) is 4.74 Å². The fourth-order valence-corrected chi connectivity index (χ4v) is 5.73. The molecule has 6 nitrogen and oxygen atoms in total. The van der Waals surface area contributed by atoms with Crippen LogP contribution < -0.4 is 10.1 Å². The van der Waals surface area contributed by atoms with Crippen LogP contribution in [0.15, 0.2) is 41.1 Å². The molecule has 2 amide bonds. The van der Waals surface area contributed by atoms with Gasteiger partial charge >= 0.3 is 0 Å². The first-order valence-electron chi connectivity index (χ1n) is 10.7. The first-order valence-corrected chi connectivity index (χ1v) is 12.5. The number of thiazole rings is 1. The average molecular weight is 488 g/mol. The van der Waals surface area contributed by atoms with Crippen molar-refractivity contribution in [2.75, 3.05) is 14.2 Å². The fraction of sp³-hybridized carbons (Fsp3) is 0.375. The van der Waals surface area contributed by atoms with E-state index in [0.29, 0.717) is 43.5 Å². The van der Waals surface area contributed by atoms with Crippen LogP contribution in [-0.2, 0) is 22.6 Å². The van der Waals surface area contributed by atoms with E-state index in [1.807, 2.05) is 22.9 Å². The van der Waals surface area contributed by atoms with Gasteiger partial charge in [0.2, 0.25) is 11.8 Å². The van der Waals surface area contributed by atoms with Gasteiger partial charge in [-0.15, -0.1) is 22.7 Å². The van der Waals surface area contributed by atoms with Crippen molar-refractivity contribution in [2.24, 2.45) is 0 Å². The standard InChI is InChI=1S/C24H26FN3O3S2/c1-28(14-17-15-33-23(26-17)20-4-3-11-32-20)22(30)8-10-24(9-7-21(29)27-24)13-16-5-6-18(31-2)12-19(16)25/h3-6,11-12,15H,7-10,13-14H2,1-2H3,(H,27,29)/t24-/m0/s1. The third-order valence-electron chi connectivity index (χ3n) is 5.95. The Bertz CT molecular complexity index is 1130.